The van der Waals surface area contributed by atoms with Gasteiger partial charge in [-0.25, -0.2) is 24.2 Å². The number of hydrogen-bond acceptors (Lipinski definition) is 14. The predicted octanol–water partition coefficient (Wildman–Crippen LogP) is 9.73. The zero-order valence-electron chi connectivity index (χ0n) is 57.4. The number of carbonyl (C=O) groups is 5. The average molecular weight is 1230 g/mol. The van der Waals surface area contributed by atoms with Crippen LogP contribution in [0.3, 0.4) is 0 Å². The van der Waals surface area contributed by atoms with E-state index in [4.69, 9.17) is 11.5 Å². The second-order valence-electron chi connectivity index (χ2n) is 18.7. The van der Waals surface area contributed by atoms with Crippen molar-refractivity contribution in [1.82, 2.24) is 30.2 Å². The molecule has 18 heteroatoms. The number of nitrogens with one attached hydrogen (secondary N) is 2. The van der Waals surface area contributed by atoms with E-state index >= 15 is 0 Å². The van der Waals surface area contributed by atoms with Crippen LogP contribution < -0.4 is 51.7 Å². The molecular formula is C70H115BN8NaO8. The van der Waals surface area contributed by atoms with Crippen LogP contribution in [0.15, 0.2) is 152 Å². The minimum Gasteiger partial charge on any atom is -0.793 e. The van der Waals surface area contributed by atoms with E-state index in [1.54, 1.807) is 0 Å². The standard InChI is InChI=1S/C21H27N3O.C13H20N2.2C7H9N.C6H11NO.C4H6O4.C2H3BO2.5C2H6.Na/c1-23-14-12-20(13-15-23)24(17-19-10-6-3-7-11-19)21(25)22-16-18-8-4-2-5-9-18;1-15-9-7-13(8-10-15)14-11-12-5-3-2-4-6-12;2*8-6-7-4-2-1-3-5-7;1-7-4-2-6(8)3-5-7;1-3(5)7-8-4(2)6;1-2(4)5-3;5*1-2;/h2-11,20H,12-17H2,1H3,(H,22,25);2-6,13-14H,7-11H2,1H3;2*1-5H,6,8H2;2-5H2,1H3;1-2H3;1H3;5*1-2H3;/q;;;;;;-1;;;;;;+1. The molecule has 3 fully saturated rings. The van der Waals surface area contributed by atoms with Crippen LogP contribution in [0.4, 0.5) is 4.79 Å². The molecule has 5 aromatic carbocycles. The van der Waals surface area contributed by atoms with Gasteiger partial charge in [-0.15, -0.1) is 0 Å². The molecule has 3 radical (unpaired) electrons. The molecule has 0 unspecified atom stereocenters. The Morgan fingerprint density at radius 3 is 1.07 bits per heavy atom. The Labute approximate surface area is 557 Å². The minimum atomic E-state index is -0.639. The van der Waals surface area contributed by atoms with Crippen molar-refractivity contribution in [2.75, 3.05) is 60.4 Å². The summed E-state index contributed by atoms with van der Waals surface area (Å²) in [7, 11) is 10.7. The molecule has 16 nitrogen and oxygen atoms in total. The van der Waals surface area contributed by atoms with Gasteiger partial charge in [-0.05, 0) is 101 Å². The van der Waals surface area contributed by atoms with Gasteiger partial charge in [0.1, 0.15) is 5.78 Å². The number of ketones is 1. The van der Waals surface area contributed by atoms with Crippen molar-refractivity contribution < 1.29 is 68.0 Å². The molecule has 8 rings (SSSR count). The molecule has 5 aromatic rings. The van der Waals surface area contributed by atoms with Crippen molar-refractivity contribution in [3.8, 4) is 0 Å². The molecule has 0 aliphatic carbocycles. The number of likely N-dealkylation sites (tertiary alicyclic amines) is 3. The molecule has 2 amide bonds. The predicted molar refractivity (Wildman–Crippen MR) is 363 cm³/mol. The number of urea groups is 1. The summed E-state index contributed by atoms with van der Waals surface area (Å²) >= 11 is 0. The van der Waals surface area contributed by atoms with Crippen LogP contribution in [-0.4, -0.2) is 130 Å². The van der Waals surface area contributed by atoms with Gasteiger partial charge in [-0.2, -0.15) is 0 Å². The Bertz CT molecular complexity index is 2260. The summed E-state index contributed by atoms with van der Waals surface area (Å²) in [4.78, 5) is 69.2. The van der Waals surface area contributed by atoms with Crippen LogP contribution in [0.1, 0.15) is 156 Å². The monoisotopic (exact) mass is 1230 g/mol. The number of benzene rings is 5. The maximum Gasteiger partial charge on any atom is 1.00 e. The van der Waals surface area contributed by atoms with Crippen molar-refractivity contribution in [3.63, 3.8) is 0 Å². The summed E-state index contributed by atoms with van der Waals surface area (Å²) in [5.74, 6) is -1.33. The van der Waals surface area contributed by atoms with Gasteiger partial charge >= 0.3 is 47.5 Å². The normalized spacial score (nSPS) is 13.0. The Balaban J connectivity index is -0.000000316. The summed E-state index contributed by atoms with van der Waals surface area (Å²) in [5, 5.41) is 6.73. The van der Waals surface area contributed by atoms with Crippen LogP contribution in [0.25, 0.3) is 0 Å². The fourth-order valence-electron chi connectivity index (χ4n) is 7.61. The van der Waals surface area contributed by atoms with Crippen LogP contribution in [0, 0.1) is 0 Å². The number of nitrogens with two attached hydrogens (primary N) is 2. The fraction of sp³-hybridized carbons (Fsp3) is 0.500. The third kappa shape index (κ3) is 53.3. The summed E-state index contributed by atoms with van der Waals surface area (Å²) in [5.41, 5.74) is 16.8. The summed E-state index contributed by atoms with van der Waals surface area (Å²) in [6.45, 7) is 33.5. The van der Waals surface area contributed by atoms with Crippen molar-refractivity contribution in [2.24, 2.45) is 11.5 Å². The third-order valence-electron chi connectivity index (χ3n) is 12.2. The van der Waals surface area contributed by atoms with E-state index in [0.717, 1.165) is 77.8 Å². The van der Waals surface area contributed by atoms with E-state index < -0.39 is 17.9 Å². The first kappa shape index (κ1) is 91.0. The van der Waals surface area contributed by atoms with Gasteiger partial charge in [0, 0.05) is 91.5 Å². The van der Waals surface area contributed by atoms with E-state index in [1.165, 1.54) is 55.1 Å². The largest absolute Gasteiger partial charge is 1.00 e. The van der Waals surface area contributed by atoms with Gasteiger partial charge in [0.15, 0.2) is 0 Å². The van der Waals surface area contributed by atoms with Crippen molar-refractivity contribution in [3.05, 3.63) is 179 Å². The molecule has 487 valence electrons. The van der Waals surface area contributed by atoms with Crippen molar-refractivity contribution in [1.29, 1.82) is 0 Å². The van der Waals surface area contributed by atoms with Crippen molar-refractivity contribution in [2.45, 2.75) is 173 Å². The Hall–Kier alpha value is -5.73. The topological polar surface area (TPSA) is 202 Å². The fourth-order valence-corrected chi connectivity index (χ4v) is 7.61. The molecule has 0 saturated carbocycles. The zero-order valence-corrected chi connectivity index (χ0v) is 59.4. The minimum absolute atomic E-state index is 0. The van der Waals surface area contributed by atoms with Crippen LogP contribution in [0.5, 0.6) is 0 Å². The molecule has 6 N–H and O–H groups in total. The Morgan fingerprint density at radius 1 is 0.477 bits per heavy atom. The van der Waals surface area contributed by atoms with Gasteiger partial charge in [0.05, 0.1) is 0 Å². The molecule has 3 heterocycles. The summed E-state index contributed by atoms with van der Waals surface area (Å²) < 4.78 is 3.61. The van der Waals surface area contributed by atoms with Crippen LogP contribution in [-0.2, 0) is 66.3 Å². The number of piperidine rings is 3. The van der Waals surface area contributed by atoms with Gasteiger partial charge in [0.2, 0.25) is 5.97 Å². The summed E-state index contributed by atoms with van der Waals surface area (Å²) in [6, 6.07) is 52.0. The Morgan fingerprint density at radius 2 is 0.773 bits per heavy atom. The first-order valence-corrected chi connectivity index (χ1v) is 31.3. The average Bonchev–Trinajstić information content (AvgIpc) is 3.76. The molecule has 0 aromatic heterocycles. The van der Waals surface area contributed by atoms with E-state index in [9.17, 15) is 24.0 Å². The molecule has 88 heavy (non-hydrogen) atoms. The van der Waals surface area contributed by atoms with E-state index in [2.05, 4.69) is 104 Å². The number of carbonyl (C=O) groups excluding carboxylic acids is 5. The quantitative estimate of drug-likeness (QED) is 0.0585. The smallest absolute Gasteiger partial charge is 0.793 e. The first-order chi connectivity index (χ1) is 42.1. The molecule has 3 aliphatic rings. The summed E-state index contributed by atoms with van der Waals surface area (Å²) in [6.07, 6.45) is 6.14. The molecular weight excluding hydrogens is 1110 g/mol. The van der Waals surface area contributed by atoms with Crippen LogP contribution in [0.2, 0.25) is 0 Å². The second-order valence-corrected chi connectivity index (χ2v) is 18.7. The number of amides is 2. The maximum absolute atomic E-state index is 12.9. The SMILES string of the molecule is CC.CC.CC.CC.CC.CC(=O)OOC(C)=O.CN1CCC(=O)CC1.CN1CCC(N(Cc2ccccc2)C(=O)NCc2ccccc2)CC1.CN1CCC(NCc2ccccc2)CC1.NCc1ccccc1.NCc1ccccc1.[B-]OC(C)=O.[Na+]. The van der Waals surface area contributed by atoms with Crippen LogP contribution >= 0.6 is 0 Å². The molecule has 0 spiro atoms. The molecule has 0 bridgehead atoms. The van der Waals surface area contributed by atoms with E-state index in [1.807, 2.05) is 190 Å². The zero-order chi connectivity index (χ0) is 66.5. The second kappa shape index (κ2) is 65.7. The maximum atomic E-state index is 12.9. The van der Waals surface area contributed by atoms with Gasteiger partial charge < -0.3 is 54.4 Å². The number of rotatable bonds is 10. The van der Waals surface area contributed by atoms with Gasteiger partial charge in [0.25, 0.3) is 0 Å². The van der Waals surface area contributed by atoms with E-state index in [-0.39, 0.29) is 35.6 Å². The van der Waals surface area contributed by atoms with Crippen molar-refractivity contribution >= 4 is 37.8 Å². The molecule has 0 atom stereocenters. The number of Topliss-reactive ketones (excluding diaryl/α,β-unsaturated/α-hetero) is 1. The van der Waals surface area contributed by atoms with Gasteiger partial charge in [-0.3, -0.25) is 9.59 Å². The Kier molecular flexibility index (Phi) is 68.0. The number of hydrogen-bond donors (Lipinski definition) is 4. The van der Waals surface area contributed by atoms with Gasteiger partial charge in [-0.1, -0.05) is 221 Å². The molecule has 3 aliphatic heterocycles. The third-order valence-corrected chi connectivity index (χ3v) is 12.2. The number of nitrogens with zero attached hydrogens (tertiary/aromatic N) is 4. The molecule has 3 saturated heterocycles. The first-order valence-electron chi connectivity index (χ1n) is 31.3. The van der Waals surface area contributed by atoms with E-state index in [0.29, 0.717) is 44.0 Å².